The van der Waals surface area contributed by atoms with Gasteiger partial charge in [-0.25, -0.2) is 22.0 Å². The van der Waals surface area contributed by atoms with Crippen molar-refractivity contribution in [3.8, 4) is 0 Å². The molecule has 2 aliphatic rings. The molecule has 35 heavy (non-hydrogen) atoms. The van der Waals surface area contributed by atoms with Crippen molar-refractivity contribution in [2.45, 2.75) is 64.0 Å². The van der Waals surface area contributed by atoms with Crippen LogP contribution in [0.5, 0.6) is 0 Å². The van der Waals surface area contributed by atoms with Crippen LogP contribution in [0.1, 0.15) is 50.1 Å². The third-order valence-electron chi connectivity index (χ3n) is 5.84. The number of carbonyl (C=O) groups is 2. The molecule has 0 spiro atoms. The number of benzene rings is 1. The Hall–Kier alpha value is -3.06. The molecule has 1 saturated heterocycles. The molecule has 1 fully saturated rings. The molecule has 1 aromatic carbocycles. The highest BCUT2D eigenvalue weighted by Crippen LogP contribution is 2.32. The van der Waals surface area contributed by atoms with Gasteiger partial charge in [-0.2, -0.15) is 9.19 Å². The van der Waals surface area contributed by atoms with Crippen LogP contribution in [0.2, 0.25) is 0 Å². The Bertz CT molecular complexity index is 1250. The van der Waals surface area contributed by atoms with Crippen molar-refractivity contribution in [1.29, 1.82) is 0 Å². The van der Waals surface area contributed by atoms with Gasteiger partial charge in [0.2, 0.25) is 5.91 Å². The molecule has 190 valence electrons. The lowest BCUT2D eigenvalue weighted by Gasteiger charge is -2.40. The topological polar surface area (TPSA) is 123 Å². The van der Waals surface area contributed by atoms with Gasteiger partial charge in [-0.3, -0.25) is 9.69 Å². The van der Waals surface area contributed by atoms with E-state index in [4.69, 9.17) is 4.74 Å². The summed E-state index contributed by atoms with van der Waals surface area (Å²) in [6.45, 7) is 5.56. The van der Waals surface area contributed by atoms with Crippen LogP contribution < -0.4 is 10.6 Å². The van der Waals surface area contributed by atoms with Crippen molar-refractivity contribution < 1.29 is 31.5 Å². The highest BCUT2D eigenvalue weighted by Gasteiger charge is 2.43. The number of ether oxygens (including phenoxy) is 1. The van der Waals surface area contributed by atoms with Gasteiger partial charge in [-0.15, -0.1) is 0 Å². The number of hydrogen-bond acceptors (Lipinski definition) is 7. The maximum Gasteiger partial charge on any atom is 0.407 e. The largest absolute Gasteiger partial charge is 0.444 e. The molecular weight excluding hydrogens is 484 g/mol. The van der Waals surface area contributed by atoms with Crippen molar-refractivity contribution in [1.82, 2.24) is 24.7 Å². The van der Waals surface area contributed by atoms with Gasteiger partial charge in [-0.05, 0) is 45.4 Å². The molecule has 2 unspecified atom stereocenters. The van der Waals surface area contributed by atoms with E-state index in [1.807, 2.05) is 0 Å². The number of nitrogens with one attached hydrogen (secondary N) is 2. The van der Waals surface area contributed by atoms with Crippen LogP contribution in [-0.4, -0.2) is 58.4 Å². The monoisotopic (exact) mass is 511 g/mol. The van der Waals surface area contributed by atoms with E-state index >= 15 is 0 Å². The first-order chi connectivity index (χ1) is 16.2. The third kappa shape index (κ3) is 5.45. The summed E-state index contributed by atoms with van der Waals surface area (Å²) in [5, 5.41) is 9.52. The molecule has 0 radical (unpaired) electrons. The molecule has 13 heteroatoms. The molecule has 2 N–H and O–H groups in total. The van der Waals surface area contributed by atoms with Gasteiger partial charge in [0.1, 0.15) is 17.2 Å². The lowest BCUT2D eigenvalue weighted by Crippen LogP contribution is -2.59. The normalized spacial score (nSPS) is 23.0. The zero-order valence-electron chi connectivity index (χ0n) is 19.7. The molecular formula is C22H27F2N5O5S. The highest BCUT2D eigenvalue weighted by molar-refractivity contribution is 7.89. The van der Waals surface area contributed by atoms with Crippen LogP contribution in [-0.2, 0) is 32.6 Å². The number of halogens is 2. The smallest absolute Gasteiger partial charge is 0.407 e. The van der Waals surface area contributed by atoms with Gasteiger partial charge >= 0.3 is 6.09 Å². The first-order valence-electron chi connectivity index (χ1n) is 11.0. The van der Waals surface area contributed by atoms with Gasteiger partial charge in [0.15, 0.2) is 0 Å². The van der Waals surface area contributed by atoms with Crippen LogP contribution in [0.25, 0.3) is 0 Å². The van der Waals surface area contributed by atoms with Gasteiger partial charge in [0.25, 0.3) is 10.0 Å². The SMILES string of the molecule is CC(C)(C)OC(=O)NC1CC(N2Cc3cn(S(C)(=O)=O)nc3C2)C(=O)N[C@@H]1c1cc(F)ccc1F. The summed E-state index contributed by atoms with van der Waals surface area (Å²) in [6.07, 6.45) is 1.78. The van der Waals surface area contributed by atoms with E-state index in [-0.39, 0.29) is 25.1 Å². The summed E-state index contributed by atoms with van der Waals surface area (Å²) in [5.74, 6) is -1.83. The van der Waals surface area contributed by atoms with Crippen molar-refractivity contribution in [3.63, 3.8) is 0 Å². The Balaban J connectivity index is 1.58. The Kier molecular flexibility index (Phi) is 6.34. The minimum atomic E-state index is -3.54. The predicted molar refractivity (Wildman–Crippen MR) is 121 cm³/mol. The fraction of sp³-hybridized carbons (Fsp3) is 0.500. The summed E-state index contributed by atoms with van der Waals surface area (Å²) in [7, 11) is -3.54. The van der Waals surface area contributed by atoms with Crippen LogP contribution in [0.15, 0.2) is 24.4 Å². The van der Waals surface area contributed by atoms with E-state index in [1.165, 1.54) is 6.20 Å². The second kappa shape index (κ2) is 8.86. The van der Waals surface area contributed by atoms with Crippen molar-refractivity contribution in [3.05, 3.63) is 52.9 Å². The van der Waals surface area contributed by atoms with Crippen molar-refractivity contribution in [2.75, 3.05) is 6.26 Å². The molecule has 2 amide bonds. The summed E-state index contributed by atoms with van der Waals surface area (Å²) >= 11 is 0. The first kappa shape index (κ1) is 25.0. The Morgan fingerprint density at radius 1 is 1.26 bits per heavy atom. The second-order valence-electron chi connectivity index (χ2n) is 9.80. The highest BCUT2D eigenvalue weighted by atomic mass is 32.2. The van der Waals surface area contributed by atoms with Crippen LogP contribution in [0.3, 0.4) is 0 Å². The Morgan fingerprint density at radius 3 is 2.60 bits per heavy atom. The molecule has 10 nitrogen and oxygen atoms in total. The zero-order valence-corrected chi connectivity index (χ0v) is 20.5. The average Bonchev–Trinajstić information content (AvgIpc) is 3.29. The quantitative estimate of drug-likeness (QED) is 0.642. The van der Waals surface area contributed by atoms with Crippen molar-refractivity contribution in [2.24, 2.45) is 0 Å². The van der Waals surface area contributed by atoms with E-state index in [2.05, 4.69) is 15.7 Å². The van der Waals surface area contributed by atoms with E-state index in [9.17, 15) is 26.8 Å². The van der Waals surface area contributed by atoms with E-state index in [0.29, 0.717) is 11.3 Å². The lowest BCUT2D eigenvalue weighted by molar-refractivity contribution is -0.130. The third-order valence-corrected chi connectivity index (χ3v) is 6.70. The minimum absolute atomic E-state index is 0.0854. The average molecular weight is 512 g/mol. The first-order valence-corrected chi connectivity index (χ1v) is 12.8. The van der Waals surface area contributed by atoms with E-state index in [0.717, 1.165) is 28.5 Å². The second-order valence-corrected chi connectivity index (χ2v) is 11.6. The molecule has 2 aromatic rings. The molecule has 0 aliphatic carbocycles. The van der Waals surface area contributed by atoms with Crippen molar-refractivity contribution >= 4 is 22.0 Å². The fourth-order valence-electron chi connectivity index (χ4n) is 4.34. The number of nitrogens with zero attached hydrogens (tertiary/aromatic N) is 3. The molecule has 3 heterocycles. The number of hydrogen-bond donors (Lipinski definition) is 2. The Labute approximate surface area is 201 Å². The number of piperidine rings is 1. The number of carbonyl (C=O) groups excluding carboxylic acids is 2. The summed E-state index contributed by atoms with van der Waals surface area (Å²) in [5.41, 5.74) is 0.312. The van der Waals surface area contributed by atoms with Gasteiger partial charge in [0.05, 0.1) is 30.1 Å². The van der Waals surface area contributed by atoms with E-state index in [1.54, 1.807) is 25.7 Å². The van der Waals surface area contributed by atoms with E-state index < -0.39 is 57.4 Å². The standard InChI is InChI=1S/C22H27F2N5O5S/c1-22(2,3)34-21(31)25-16-8-18(20(30)26-19(16)14-7-13(23)5-6-15(14)24)28-9-12-10-29(35(4,32)33)27-17(12)11-28/h5-7,10,16,18-19H,8-9,11H2,1-4H3,(H,25,31)(H,26,30)/t16?,18?,19-/m1/s1. The zero-order chi connectivity index (χ0) is 25.7. The van der Waals surface area contributed by atoms with Gasteiger partial charge in [0, 0.05) is 30.4 Å². The number of fused-ring (bicyclic) bond motifs is 1. The van der Waals surface area contributed by atoms with Crippen LogP contribution in [0.4, 0.5) is 13.6 Å². The summed E-state index contributed by atoms with van der Waals surface area (Å²) in [4.78, 5) is 27.4. The molecule has 2 aliphatic heterocycles. The lowest BCUT2D eigenvalue weighted by atomic mass is 9.88. The van der Waals surface area contributed by atoms with Gasteiger partial charge < -0.3 is 15.4 Å². The number of alkyl carbamates (subject to hydrolysis) is 1. The summed E-state index contributed by atoms with van der Waals surface area (Å²) < 4.78 is 58.3. The maximum atomic E-state index is 14.6. The molecule has 0 bridgehead atoms. The number of amides is 2. The maximum absolute atomic E-state index is 14.6. The molecule has 0 saturated carbocycles. The minimum Gasteiger partial charge on any atom is -0.444 e. The number of aromatic nitrogens is 2. The number of rotatable bonds is 4. The molecule has 1 aromatic heterocycles. The Morgan fingerprint density at radius 2 is 1.97 bits per heavy atom. The predicted octanol–water partition coefficient (Wildman–Crippen LogP) is 1.81. The fourth-order valence-corrected chi connectivity index (χ4v) is 4.91. The summed E-state index contributed by atoms with van der Waals surface area (Å²) in [6, 6.07) is 0.356. The van der Waals surface area contributed by atoms with Gasteiger partial charge in [-0.1, -0.05) is 0 Å². The van der Waals surface area contributed by atoms with Crippen LogP contribution in [0, 0.1) is 11.6 Å². The molecule has 4 rings (SSSR count). The molecule has 3 atom stereocenters. The van der Waals surface area contributed by atoms with Crippen LogP contribution >= 0.6 is 0 Å².